The van der Waals surface area contributed by atoms with E-state index in [-0.39, 0.29) is 16.4 Å². The van der Waals surface area contributed by atoms with Gasteiger partial charge < -0.3 is 14.5 Å². The predicted molar refractivity (Wildman–Crippen MR) is 101 cm³/mol. The number of likely N-dealkylation sites (tertiary alicyclic amines) is 1. The number of likely N-dealkylation sites (N-methyl/N-ethyl adjacent to an activating group) is 1. The number of hydrogen-bond donors (Lipinski definition) is 1. The minimum Gasteiger partial charge on any atom is -0.377 e. The fraction of sp³-hybridized carbons (Fsp3) is 0.611. The quantitative estimate of drug-likeness (QED) is 0.823. The van der Waals surface area contributed by atoms with Crippen LogP contribution >= 0.6 is 0 Å². The van der Waals surface area contributed by atoms with Gasteiger partial charge in [-0.05, 0) is 64.0 Å². The first kappa shape index (κ1) is 20.8. The van der Waals surface area contributed by atoms with Crippen molar-refractivity contribution in [2.45, 2.75) is 37.2 Å². The normalized spacial score (nSPS) is 17.6. The molecule has 1 aliphatic heterocycles. The molecule has 146 valence electrons. The summed E-state index contributed by atoms with van der Waals surface area (Å²) in [6.07, 6.45) is 1.47. The van der Waals surface area contributed by atoms with Gasteiger partial charge in [-0.2, -0.15) is 0 Å². The number of carbonyl (C=O) groups excluding carboxylic acids is 1. The number of ether oxygens (including phenoxy) is 1. The van der Waals surface area contributed by atoms with Crippen LogP contribution in [-0.4, -0.2) is 70.6 Å². The zero-order valence-electron chi connectivity index (χ0n) is 16.2. The molecule has 1 fully saturated rings. The maximum atomic E-state index is 12.9. The molecule has 1 aromatic carbocycles. The fourth-order valence-corrected chi connectivity index (χ4v) is 4.43. The molecule has 1 aromatic rings. The smallest absolute Gasteiger partial charge is 0.253 e. The first-order valence-electron chi connectivity index (χ1n) is 8.62. The molecule has 0 bridgehead atoms. The van der Waals surface area contributed by atoms with Crippen molar-refractivity contribution in [1.29, 1.82) is 0 Å². The standard InChI is InChI=1S/C18H29N3O4S/c1-13-10-15(11-16(14(13)2)26(19,23)24)17(22)21-8-6-18(25-5,7-9-21)12-20(3)4/h10-11H,6-9,12H2,1-5H3,(H2,19,23,24). The van der Waals surface area contributed by atoms with Gasteiger partial charge in [0.05, 0.1) is 10.5 Å². The molecular weight excluding hydrogens is 354 g/mol. The number of amides is 1. The number of rotatable bonds is 5. The van der Waals surface area contributed by atoms with Crippen molar-refractivity contribution in [3.8, 4) is 0 Å². The third-order valence-corrected chi connectivity index (χ3v) is 6.21. The SMILES string of the molecule is COC1(CN(C)C)CCN(C(=O)c2cc(C)c(C)c(S(N)(=O)=O)c2)CC1. The molecule has 1 aliphatic rings. The van der Waals surface area contributed by atoms with Gasteiger partial charge in [-0.1, -0.05) is 0 Å². The Labute approximate surface area is 156 Å². The van der Waals surface area contributed by atoms with Crippen LogP contribution in [0, 0.1) is 13.8 Å². The zero-order chi connectivity index (χ0) is 19.7. The van der Waals surface area contributed by atoms with Gasteiger partial charge in [-0.15, -0.1) is 0 Å². The van der Waals surface area contributed by atoms with E-state index in [1.165, 1.54) is 6.07 Å². The summed E-state index contributed by atoms with van der Waals surface area (Å²) in [6, 6.07) is 3.11. The van der Waals surface area contributed by atoms with Crippen LogP contribution in [0.5, 0.6) is 0 Å². The number of nitrogens with two attached hydrogens (primary N) is 1. The molecule has 0 aliphatic carbocycles. The predicted octanol–water partition coefficient (Wildman–Crippen LogP) is 1.13. The first-order valence-corrected chi connectivity index (χ1v) is 10.2. The van der Waals surface area contributed by atoms with Gasteiger partial charge in [0.2, 0.25) is 10.0 Å². The lowest BCUT2D eigenvalue weighted by atomic mass is 9.90. The van der Waals surface area contributed by atoms with Crippen molar-refractivity contribution in [3.05, 3.63) is 28.8 Å². The molecule has 2 N–H and O–H groups in total. The second kappa shape index (κ2) is 7.64. The lowest BCUT2D eigenvalue weighted by molar-refractivity contribution is -0.0654. The van der Waals surface area contributed by atoms with Crippen LogP contribution in [0.25, 0.3) is 0 Å². The van der Waals surface area contributed by atoms with E-state index in [1.54, 1.807) is 31.9 Å². The first-order chi connectivity index (χ1) is 12.0. The second-order valence-electron chi connectivity index (χ2n) is 7.38. The Kier molecular flexibility index (Phi) is 6.12. The van der Waals surface area contributed by atoms with Gasteiger partial charge in [0.25, 0.3) is 5.91 Å². The van der Waals surface area contributed by atoms with Crippen molar-refractivity contribution in [3.63, 3.8) is 0 Å². The highest BCUT2D eigenvalue weighted by molar-refractivity contribution is 7.89. The third-order valence-electron chi connectivity index (χ3n) is 5.17. The second-order valence-corrected chi connectivity index (χ2v) is 8.91. The summed E-state index contributed by atoms with van der Waals surface area (Å²) >= 11 is 0. The molecule has 26 heavy (non-hydrogen) atoms. The number of aryl methyl sites for hydroxylation is 1. The average Bonchev–Trinajstić information content (AvgIpc) is 2.55. The monoisotopic (exact) mass is 383 g/mol. The molecular formula is C18H29N3O4S. The highest BCUT2D eigenvalue weighted by Gasteiger charge is 2.36. The Morgan fingerprint density at radius 3 is 2.31 bits per heavy atom. The summed E-state index contributed by atoms with van der Waals surface area (Å²) in [4.78, 5) is 16.8. The van der Waals surface area contributed by atoms with Crippen LogP contribution in [0.2, 0.25) is 0 Å². The van der Waals surface area contributed by atoms with Crippen molar-refractivity contribution in [2.75, 3.05) is 40.8 Å². The van der Waals surface area contributed by atoms with Gasteiger partial charge in [0, 0.05) is 32.3 Å². The number of hydrogen-bond acceptors (Lipinski definition) is 5. The van der Waals surface area contributed by atoms with E-state index in [2.05, 4.69) is 4.90 Å². The minimum absolute atomic E-state index is 0.0108. The molecule has 2 rings (SSSR count). The number of benzene rings is 1. The number of sulfonamides is 1. The molecule has 0 unspecified atom stereocenters. The summed E-state index contributed by atoms with van der Waals surface area (Å²) < 4.78 is 29.4. The summed E-state index contributed by atoms with van der Waals surface area (Å²) in [5.41, 5.74) is 1.41. The Hall–Kier alpha value is -1.48. The molecule has 0 spiro atoms. The van der Waals surface area contributed by atoms with Crippen LogP contribution in [0.3, 0.4) is 0 Å². The third kappa shape index (κ3) is 4.43. The largest absolute Gasteiger partial charge is 0.377 e. The van der Waals surface area contributed by atoms with Crippen molar-refractivity contribution < 1.29 is 17.9 Å². The molecule has 0 saturated carbocycles. The Morgan fingerprint density at radius 1 is 1.27 bits per heavy atom. The molecule has 8 heteroatoms. The van der Waals surface area contributed by atoms with Gasteiger partial charge in [0.15, 0.2) is 0 Å². The van der Waals surface area contributed by atoms with E-state index < -0.39 is 10.0 Å². The average molecular weight is 384 g/mol. The molecule has 7 nitrogen and oxygen atoms in total. The molecule has 1 amide bonds. The maximum Gasteiger partial charge on any atom is 0.253 e. The summed E-state index contributed by atoms with van der Waals surface area (Å²) in [6.45, 7) is 5.41. The molecule has 0 atom stereocenters. The lowest BCUT2D eigenvalue weighted by Crippen LogP contribution is -2.52. The number of piperidine rings is 1. The summed E-state index contributed by atoms with van der Waals surface area (Å²) in [7, 11) is 1.84. The summed E-state index contributed by atoms with van der Waals surface area (Å²) in [5.74, 6) is -0.174. The van der Waals surface area contributed by atoms with Crippen LogP contribution in [0.15, 0.2) is 17.0 Å². The number of methoxy groups -OCH3 is 1. The Bertz CT molecular complexity index is 782. The van der Waals surface area contributed by atoms with E-state index in [1.807, 2.05) is 14.1 Å². The number of primary sulfonamides is 1. The summed E-state index contributed by atoms with van der Waals surface area (Å²) in [5, 5.41) is 5.30. The Balaban J connectivity index is 2.23. The van der Waals surface area contributed by atoms with E-state index in [0.29, 0.717) is 24.2 Å². The molecule has 0 aromatic heterocycles. The number of carbonyl (C=O) groups is 1. The maximum absolute atomic E-state index is 12.9. The Morgan fingerprint density at radius 2 is 1.85 bits per heavy atom. The van der Waals surface area contributed by atoms with Gasteiger partial charge in [-0.3, -0.25) is 4.79 Å². The van der Waals surface area contributed by atoms with Gasteiger partial charge in [0.1, 0.15) is 0 Å². The van der Waals surface area contributed by atoms with Crippen LogP contribution in [0.4, 0.5) is 0 Å². The van der Waals surface area contributed by atoms with E-state index in [9.17, 15) is 13.2 Å². The van der Waals surface area contributed by atoms with Gasteiger partial charge in [-0.25, -0.2) is 13.6 Å². The van der Waals surface area contributed by atoms with Crippen LogP contribution in [-0.2, 0) is 14.8 Å². The number of nitrogens with zero attached hydrogens (tertiary/aromatic N) is 2. The molecule has 0 radical (unpaired) electrons. The topological polar surface area (TPSA) is 92.9 Å². The van der Waals surface area contributed by atoms with Gasteiger partial charge >= 0.3 is 0 Å². The highest BCUT2D eigenvalue weighted by Crippen LogP contribution is 2.28. The van der Waals surface area contributed by atoms with Crippen LogP contribution in [0.1, 0.15) is 34.3 Å². The molecule has 1 saturated heterocycles. The minimum atomic E-state index is -3.88. The lowest BCUT2D eigenvalue weighted by Gasteiger charge is -2.42. The fourth-order valence-electron chi connectivity index (χ4n) is 3.55. The van der Waals surface area contributed by atoms with E-state index in [0.717, 1.165) is 24.9 Å². The van der Waals surface area contributed by atoms with Crippen molar-refractivity contribution >= 4 is 15.9 Å². The van der Waals surface area contributed by atoms with E-state index in [4.69, 9.17) is 9.88 Å². The van der Waals surface area contributed by atoms with Crippen molar-refractivity contribution in [1.82, 2.24) is 9.80 Å². The van der Waals surface area contributed by atoms with E-state index >= 15 is 0 Å². The zero-order valence-corrected chi connectivity index (χ0v) is 17.0. The van der Waals surface area contributed by atoms with Crippen LogP contribution < -0.4 is 5.14 Å². The molecule has 1 heterocycles. The highest BCUT2D eigenvalue weighted by atomic mass is 32.2. The van der Waals surface area contributed by atoms with Crippen molar-refractivity contribution in [2.24, 2.45) is 5.14 Å².